The Morgan fingerprint density at radius 3 is 0.833 bits per heavy atom. The quantitative estimate of drug-likeness (QED) is 0.0151. The van der Waals surface area contributed by atoms with Crippen molar-refractivity contribution in [3.05, 3.63) is 65.3 Å². The van der Waals surface area contributed by atoms with Crippen LogP contribution >= 0.6 is 0 Å². The van der Waals surface area contributed by atoms with Gasteiger partial charge in [0, 0.05) is 218 Å². The number of esters is 7. The molecule has 3 saturated heterocycles. The Bertz CT molecular complexity index is 2970. The van der Waals surface area contributed by atoms with Crippen LogP contribution in [-0.2, 0) is 267 Å². The molecule has 0 aliphatic carbocycles. The molecule has 0 bridgehead atoms. The van der Waals surface area contributed by atoms with Gasteiger partial charge in [0.25, 0.3) is 0 Å². The number of methoxy groups -OCH3 is 1. The van der Waals surface area contributed by atoms with Gasteiger partial charge >= 0.3 is 109 Å². The number of aliphatic carboxylic acids is 2. The van der Waals surface area contributed by atoms with Crippen molar-refractivity contribution in [3.8, 4) is 0 Å². The van der Waals surface area contributed by atoms with E-state index in [-0.39, 0.29) is 300 Å². The average Bonchev–Trinajstić information content (AvgIpc) is 0.815. The number of carbonyl (C=O) groups is 15. The zero-order chi connectivity index (χ0) is 96.4. The van der Waals surface area contributed by atoms with Gasteiger partial charge in [0.1, 0.15) is 76.1 Å². The first-order valence-electron chi connectivity index (χ1n) is 41.6. The van der Waals surface area contributed by atoms with Crippen LogP contribution in [0.25, 0.3) is 0 Å². The van der Waals surface area contributed by atoms with E-state index >= 15 is 0 Å². The number of amides is 6. The smallest absolute Gasteiger partial charge is 0.480 e. The van der Waals surface area contributed by atoms with Crippen molar-refractivity contribution in [1.82, 2.24) is 35.6 Å². The molecule has 51 heteroatoms. The normalized spacial score (nSPS) is 19.5. The first kappa shape index (κ1) is 167. The van der Waals surface area contributed by atoms with E-state index in [9.17, 15) is 71.9 Å². The monoisotopic (exact) mass is 2600 g/mol. The van der Waals surface area contributed by atoms with Crippen LogP contribution in [-0.4, -0.2) is 377 Å². The number of likely N-dealkylation sites (N-methyl/N-ethyl adjacent to an activating group) is 1. The second kappa shape index (κ2) is 103. The topological polar surface area (TPSA) is 545 Å². The molecule has 138 heavy (non-hydrogen) atoms. The van der Waals surface area contributed by atoms with Crippen molar-refractivity contribution in [1.29, 1.82) is 0 Å². The summed E-state index contributed by atoms with van der Waals surface area (Å²) in [4.78, 5) is 173. The molecular formula is C87H159B3N9O33V3W3-3. The third-order valence-corrected chi connectivity index (χ3v) is 18.6. The van der Waals surface area contributed by atoms with Gasteiger partial charge in [-0.3, -0.25) is 71.9 Å². The number of nitrogens with zero attached hydrogens (tertiary/aromatic N) is 4. The van der Waals surface area contributed by atoms with E-state index in [1.165, 1.54) is 58.5 Å². The summed E-state index contributed by atoms with van der Waals surface area (Å²) in [5, 5.41) is 25.2. The Kier molecular flexibility index (Phi) is 124. The van der Waals surface area contributed by atoms with Crippen LogP contribution in [0.4, 0.5) is 0 Å². The van der Waals surface area contributed by atoms with Crippen LogP contribution in [0.1, 0.15) is 122 Å². The van der Waals surface area contributed by atoms with Crippen LogP contribution in [0.15, 0.2) is 0 Å². The number of nitrogens with one attached hydrogen (secondary N) is 3. The molecule has 3 rings (SSSR count). The molecule has 3 heterocycles. The standard InChI is InChI=1S/3C20H34NO8.C8H15BN2O3.C7H13BN2O3.C6H11BN2O3.6CH3.3V.3W/c3*1-6-25-11-9-21-18(24)8-7-10-26-20-14(3)13(2)19(28-16(5)23)17(29-20)12-27-15(4)22;1-10(2)3-4-11(6-8(13)14)7(12)5-9;1-13-7(12)5-10(3-2-9)6(11)4-8;7-3-5(10)9(2-1-8)4-6(11)12;;;;;;;;;;;;/h3*13-14,17,19-20H,1,6-12H2,2-5H3,(H,21,24);3-6H2,1-2H3,(H,13,14);2-5,9H2,1H3;1-4,8H2,(H,11,12);6*1H3;;;;;;/q3*-1;;;;6*-1;3*+2;;;. The van der Waals surface area contributed by atoms with Crippen molar-refractivity contribution in [2.45, 2.75) is 196 Å². The van der Waals surface area contributed by atoms with Crippen LogP contribution < -0.4 is 27.4 Å². The fourth-order valence-corrected chi connectivity index (χ4v) is 11.6. The number of hydrogen-bond acceptors (Lipinski definition) is 34. The van der Waals surface area contributed by atoms with E-state index in [0.29, 0.717) is 144 Å². The minimum atomic E-state index is -1.06. The molecule has 0 aromatic carbocycles. The molecule has 42 nitrogen and oxygen atoms in total. The fourth-order valence-electron chi connectivity index (χ4n) is 11.6. The molecule has 9 radical (unpaired) electrons. The maximum absolute atomic E-state index is 11.8. The van der Waals surface area contributed by atoms with E-state index in [2.05, 4.69) is 41.5 Å². The van der Waals surface area contributed by atoms with E-state index < -0.39 is 115 Å². The van der Waals surface area contributed by atoms with E-state index in [0.717, 1.165) is 4.90 Å². The Labute approximate surface area is 905 Å². The predicted octanol–water partition coefficient (Wildman–Crippen LogP) is 2.44. The maximum Gasteiger partial charge on any atom is 2.00 e. The van der Waals surface area contributed by atoms with Gasteiger partial charge in [0.2, 0.25) is 35.4 Å². The summed E-state index contributed by atoms with van der Waals surface area (Å²) in [6.45, 7) is 36.3. The molecular weight excluding hydrogens is 2440 g/mol. The minimum Gasteiger partial charge on any atom is -0.480 e. The number of rotatable bonds is 52. The van der Waals surface area contributed by atoms with Crippen molar-refractivity contribution >= 4 is 113 Å². The second-order valence-corrected chi connectivity index (χ2v) is 29.0. The van der Waals surface area contributed by atoms with Gasteiger partial charge in [-0.05, 0) is 52.3 Å². The van der Waals surface area contributed by atoms with Crippen molar-refractivity contribution in [2.75, 3.05) is 179 Å². The van der Waals surface area contributed by atoms with Gasteiger partial charge in [-0.15, -0.1) is 0 Å². The number of carboxylic acids is 2. The van der Waals surface area contributed by atoms with Gasteiger partial charge in [0.05, 0.1) is 70.3 Å². The van der Waals surface area contributed by atoms with Crippen LogP contribution in [0.2, 0.25) is 19.0 Å². The molecule has 3 aliphatic rings. The number of carbonyl (C=O) groups excluding carboxylic acids is 13. The van der Waals surface area contributed by atoms with Crippen LogP contribution in [0.5, 0.6) is 0 Å². The fraction of sp³-hybridized carbons (Fsp3) is 0.724. The number of nitrogens with two attached hydrogens (primary N) is 2. The summed E-state index contributed by atoms with van der Waals surface area (Å²) in [5.41, 5.74) is 10.4. The Balaban J connectivity index is -0.000000103. The zero-order valence-electron chi connectivity index (χ0n) is 84.9. The molecule has 0 spiro atoms. The first-order valence-corrected chi connectivity index (χ1v) is 41.6. The molecule has 3 fully saturated rings. The van der Waals surface area contributed by atoms with E-state index in [1.54, 1.807) is 0 Å². The third-order valence-electron chi connectivity index (χ3n) is 18.6. The van der Waals surface area contributed by atoms with Crippen molar-refractivity contribution in [2.24, 2.45) is 47.0 Å². The SMILES string of the molecule is [B]CC(=O)N(CCN(C)C)CC(=O)O.[B]CC(=O)N(CCN)CC(=O)O.[B]CC(=O)N(CCN)CC(=O)OC.[CH2-]COCCNC(=O)CCCOC1OC(COC(C)=O)C(OC(C)=O)C(C)C1C.[CH2-]COCCNC(=O)CCCOC1OC(COC(C)=O)C(OC(C)=O)C(C)C1C.[CH2-]COCCNC(=O)CCCOC1OC(COC(C)=O)C(OC(C)=O)C(C)C1C.[CH3-].[CH3-].[CH3-].[CH3-].[CH3-].[CH3-].[V+2].[V+2].[V+2].[W].[W].[W]. The van der Waals surface area contributed by atoms with E-state index in [4.69, 9.17) is 116 Å². The van der Waals surface area contributed by atoms with Crippen molar-refractivity contribution in [3.63, 3.8) is 0 Å². The summed E-state index contributed by atoms with van der Waals surface area (Å²) in [6.07, 6.45) is -2.99. The molecule has 6 amide bonds. The Morgan fingerprint density at radius 2 is 0.630 bits per heavy atom. The summed E-state index contributed by atoms with van der Waals surface area (Å²) >= 11 is 0. The molecule has 3 aliphatic heterocycles. The predicted molar refractivity (Wildman–Crippen MR) is 495 cm³/mol. The summed E-state index contributed by atoms with van der Waals surface area (Å²) < 4.78 is 86.3. The van der Waals surface area contributed by atoms with Gasteiger partial charge < -0.3 is 198 Å². The molecule has 795 valence electrons. The van der Waals surface area contributed by atoms with Crippen LogP contribution in [0, 0.1) is 101 Å². The molecule has 0 saturated carbocycles. The third kappa shape index (κ3) is 82.8. The van der Waals surface area contributed by atoms with E-state index in [1.807, 2.05) is 60.5 Å². The number of ether oxygens (including phenoxy) is 16. The number of carboxylic acid groups (broad SMARTS) is 2. The second-order valence-electron chi connectivity index (χ2n) is 29.0. The molecule has 15 unspecified atom stereocenters. The number of hydrogen-bond donors (Lipinski definition) is 7. The summed E-state index contributed by atoms with van der Waals surface area (Å²) in [5.74, 6) is -6.76. The van der Waals surface area contributed by atoms with Crippen LogP contribution in [0.3, 0.4) is 0 Å². The summed E-state index contributed by atoms with van der Waals surface area (Å²) in [7, 11) is 20.3. The molecule has 9 N–H and O–H groups in total. The first-order chi connectivity index (χ1) is 59.5. The average molecular weight is 2600 g/mol. The largest absolute Gasteiger partial charge is 2.00 e. The Morgan fingerprint density at radius 1 is 0.384 bits per heavy atom. The summed E-state index contributed by atoms with van der Waals surface area (Å²) in [6, 6.07) is 0. The molecule has 15 atom stereocenters. The minimum absolute atomic E-state index is 0. The van der Waals surface area contributed by atoms with Crippen molar-refractivity contribution < 1.29 is 277 Å². The van der Waals surface area contributed by atoms with Gasteiger partial charge in [-0.1, -0.05) is 61.4 Å². The molecule has 0 aromatic rings. The zero-order valence-corrected chi connectivity index (χ0v) is 97.9. The van der Waals surface area contributed by atoms with Gasteiger partial charge in [-0.2, -0.15) is 0 Å². The van der Waals surface area contributed by atoms with Gasteiger partial charge in [0.15, 0.2) is 18.9 Å². The van der Waals surface area contributed by atoms with Gasteiger partial charge in [-0.25, -0.2) is 0 Å². The maximum atomic E-state index is 11.8. The Hall–Kier alpha value is -4.42. The molecule has 0 aromatic heterocycles.